The van der Waals surface area contributed by atoms with Gasteiger partial charge in [-0.25, -0.2) is 9.78 Å². The first-order valence-corrected chi connectivity index (χ1v) is 5.02. The number of aromatic nitrogens is 1. The standard InChI is InChI=1S/C11H14N2O2/c1-11(4-5-11)7-13-8-2-3-9(10(14)15)12-6-8/h2-3,6,13H,4-5,7H2,1H3,(H,14,15). The summed E-state index contributed by atoms with van der Waals surface area (Å²) < 4.78 is 0. The van der Waals surface area contributed by atoms with Crippen LogP contribution in [0.25, 0.3) is 0 Å². The first-order chi connectivity index (χ1) is 7.09. The monoisotopic (exact) mass is 206 g/mol. The van der Waals surface area contributed by atoms with Crippen molar-refractivity contribution in [3.63, 3.8) is 0 Å². The van der Waals surface area contributed by atoms with Crippen LogP contribution in [0.5, 0.6) is 0 Å². The fourth-order valence-corrected chi connectivity index (χ4v) is 1.33. The molecule has 0 bridgehead atoms. The molecule has 4 heteroatoms. The van der Waals surface area contributed by atoms with Crippen LogP contribution in [0.3, 0.4) is 0 Å². The van der Waals surface area contributed by atoms with Crippen molar-refractivity contribution in [1.82, 2.24) is 4.98 Å². The predicted molar refractivity (Wildman–Crippen MR) is 57.0 cm³/mol. The summed E-state index contributed by atoms with van der Waals surface area (Å²) in [5.74, 6) is -0.990. The molecule has 80 valence electrons. The Morgan fingerprint density at radius 1 is 1.60 bits per heavy atom. The van der Waals surface area contributed by atoms with Crippen LogP contribution in [0.15, 0.2) is 18.3 Å². The van der Waals surface area contributed by atoms with Crippen LogP contribution in [-0.4, -0.2) is 22.6 Å². The Balaban J connectivity index is 1.95. The number of hydrogen-bond donors (Lipinski definition) is 2. The van der Waals surface area contributed by atoms with Crippen LogP contribution < -0.4 is 5.32 Å². The number of anilines is 1. The molecule has 0 atom stereocenters. The number of nitrogens with zero attached hydrogens (tertiary/aromatic N) is 1. The third-order valence-corrected chi connectivity index (χ3v) is 2.81. The third kappa shape index (κ3) is 2.46. The Morgan fingerprint density at radius 2 is 2.33 bits per heavy atom. The summed E-state index contributed by atoms with van der Waals surface area (Å²) in [6.07, 6.45) is 4.09. The van der Waals surface area contributed by atoms with Gasteiger partial charge in [-0.3, -0.25) is 0 Å². The van der Waals surface area contributed by atoms with Crippen LogP contribution in [-0.2, 0) is 0 Å². The Kier molecular flexibility index (Phi) is 2.34. The van der Waals surface area contributed by atoms with Crippen molar-refractivity contribution >= 4 is 11.7 Å². The summed E-state index contributed by atoms with van der Waals surface area (Å²) in [4.78, 5) is 14.4. The van der Waals surface area contributed by atoms with E-state index in [2.05, 4.69) is 17.2 Å². The Labute approximate surface area is 88.3 Å². The van der Waals surface area contributed by atoms with Gasteiger partial charge in [-0.15, -0.1) is 0 Å². The summed E-state index contributed by atoms with van der Waals surface area (Å²) >= 11 is 0. The van der Waals surface area contributed by atoms with Crippen LogP contribution >= 0.6 is 0 Å². The lowest BCUT2D eigenvalue weighted by Crippen LogP contribution is -2.12. The van der Waals surface area contributed by atoms with Crippen molar-refractivity contribution < 1.29 is 9.90 Å². The summed E-state index contributed by atoms with van der Waals surface area (Å²) in [6, 6.07) is 3.27. The van der Waals surface area contributed by atoms with E-state index in [1.54, 1.807) is 12.3 Å². The Morgan fingerprint density at radius 3 is 2.80 bits per heavy atom. The zero-order valence-electron chi connectivity index (χ0n) is 8.66. The van der Waals surface area contributed by atoms with E-state index in [9.17, 15) is 4.79 Å². The smallest absolute Gasteiger partial charge is 0.354 e. The van der Waals surface area contributed by atoms with Crippen LogP contribution in [0.4, 0.5) is 5.69 Å². The molecular weight excluding hydrogens is 192 g/mol. The molecule has 1 fully saturated rings. The number of hydrogen-bond acceptors (Lipinski definition) is 3. The molecule has 1 aromatic heterocycles. The van der Waals surface area contributed by atoms with Gasteiger partial charge in [0.05, 0.1) is 11.9 Å². The number of carboxylic acid groups (broad SMARTS) is 1. The molecule has 15 heavy (non-hydrogen) atoms. The van der Waals surface area contributed by atoms with E-state index >= 15 is 0 Å². The van der Waals surface area contributed by atoms with Gasteiger partial charge in [-0.2, -0.15) is 0 Å². The maximum Gasteiger partial charge on any atom is 0.354 e. The SMILES string of the molecule is CC1(CNc2ccc(C(=O)O)nc2)CC1. The summed E-state index contributed by atoms with van der Waals surface area (Å²) in [6.45, 7) is 3.17. The molecule has 4 nitrogen and oxygen atoms in total. The van der Waals surface area contributed by atoms with Gasteiger partial charge in [0, 0.05) is 6.54 Å². The van der Waals surface area contributed by atoms with Crippen LogP contribution in [0.1, 0.15) is 30.3 Å². The van der Waals surface area contributed by atoms with E-state index in [1.165, 1.54) is 18.9 Å². The van der Waals surface area contributed by atoms with Gasteiger partial charge in [-0.05, 0) is 30.4 Å². The molecule has 0 saturated heterocycles. The average Bonchev–Trinajstić information content (AvgIpc) is 2.95. The molecular formula is C11H14N2O2. The van der Waals surface area contributed by atoms with E-state index in [1.807, 2.05) is 0 Å². The zero-order valence-corrected chi connectivity index (χ0v) is 8.66. The first-order valence-electron chi connectivity index (χ1n) is 5.02. The molecule has 0 unspecified atom stereocenters. The number of nitrogens with one attached hydrogen (secondary N) is 1. The lowest BCUT2D eigenvalue weighted by Gasteiger charge is -2.10. The van der Waals surface area contributed by atoms with E-state index in [0.717, 1.165) is 12.2 Å². The summed E-state index contributed by atoms with van der Waals surface area (Å²) in [7, 11) is 0. The van der Waals surface area contributed by atoms with Crippen molar-refractivity contribution in [3.05, 3.63) is 24.0 Å². The van der Waals surface area contributed by atoms with Gasteiger partial charge in [0.1, 0.15) is 5.69 Å². The topological polar surface area (TPSA) is 62.2 Å². The Bertz CT molecular complexity index is 369. The maximum absolute atomic E-state index is 10.6. The lowest BCUT2D eigenvalue weighted by atomic mass is 10.1. The molecule has 0 aliphatic heterocycles. The van der Waals surface area contributed by atoms with E-state index in [0.29, 0.717) is 5.41 Å². The van der Waals surface area contributed by atoms with E-state index in [-0.39, 0.29) is 5.69 Å². The Hall–Kier alpha value is -1.58. The van der Waals surface area contributed by atoms with Crippen LogP contribution in [0.2, 0.25) is 0 Å². The molecule has 0 amide bonds. The molecule has 2 N–H and O–H groups in total. The molecule has 1 aromatic rings. The second kappa shape index (κ2) is 3.53. The minimum absolute atomic E-state index is 0.0817. The van der Waals surface area contributed by atoms with E-state index in [4.69, 9.17) is 5.11 Å². The molecule has 1 aliphatic carbocycles. The minimum atomic E-state index is -0.990. The quantitative estimate of drug-likeness (QED) is 0.790. The highest BCUT2D eigenvalue weighted by Gasteiger charge is 2.36. The van der Waals surface area contributed by atoms with Crippen molar-refractivity contribution in [1.29, 1.82) is 0 Å². The van der Waals surface area contributed by atoms with Gasteiger partial charge in [0.25, 0.3) is 0 Å². The van der Waals surface area contributed by atoms with Gasteiger partial charge in [0.2, 0.25) is 0 Å². The molecule has 0 aromatic carbocycles. The molecule has 1 aliphatic rings. The highest BCUT2D eigenvalue weighted by atomic mass is 16.4. The highest BCUT2D eigenvalue weighted by molar-refractivity contribution is 5.85. The number of pyridine rings is 1. The fourth-order valence-electron chi connectivity index (χ4n) is 1.33. The second-order valence-electron chi connectivity index (χ2n) is 4.40. The third-order valence-electron chi connectivity index (χ3n) is 2.81. The number of aromatic carboxylic acids is 1. The maximum atomic E-state index is 10.6. The normalized spacial score (nSPS) is 17.1. The van der Waals surface area contributed by atoms with Crippen molar-refractivity contribution in [2.45, 2.75) is 19.8 Å². The van der Waals surface area contributed by atoms with Crippen molar-refractivity contribution in [3.8, 4) is 0 Å². The van der Waals surface area contributed by atoms with Gasteiger partial charge < -0.3 is 10.4 Å². The van der Waals surface area contributed by atoms with Crippen molar-refractivity contribution in [2.75, 3.05) is 11.9 Å². The molecule has 2 rings (SSSR count). The van der Waals surface area contributed by atoms with Crippen LogP contribution in [0, 0.1) is 5.41 Å². The highest BCUT2D eigenvalue weighted by Crippen LogP contribution is 2.44. The molecule has 0 radical (unpaired) electrons. The molecule has 1 heterocycles. The minimum Gasteiger partial charge on any atom is -0.477 e. The molecule has 1 saturated carbocycles. The van der Waals surface area contributed by atoms with E-state index < -0.39 is 5.97 Å². The first kappa shape index (κ1) is 9.96. The van der Waals surface area contributed by atoms with Gasteiger partial charge in [-0.1, -0.05) is 6.92 Å². The van der Waals surface area contributed by atoms with Gasteiger partial charge >= 0.3 is 5.97 Å². The fraction of sp³-hybridized carbons (Fsp3) is 0.455. The second-order valence-corrected chi connectivity index (χ2v) is 4.40. The predicted octanol–water partition coefficient (Wildman–Crippen LogP) is 1.99. The number of rotatable bonds is 4. The zero-order chi connectivity index (χ0) is 10.9. The van der Waals surface area contributed by atoms with Gasteiger partial charge in [0.15, 0.2) is 0 Å². The average molecular weight is 206 g/mol. The lowest BCUT2D eigenvalue weighted by molar-refractivity contribution is 0.0690. The summed E-state index contributed by atoms with van der Waals surface area (Å²) in [5.41, 5.74) is 1.40. The number of carboxylic acids is 1. The largest absolute Gasteiger partial charge is 0.477 e. The number of carbonyl (C=O) groups is 1. The molecule has 0 spiro atoms. The van der Waals surface area contributed by atoms with Crippen molar-refractivity contribution in [2.24, 2.45) is 5.41 Å². The summed E-state index contributed by atoms with van der Waals surface area (Å²) in [5, 5.41) is 11.9.